The lowest BCUT2D eigenvalue weighted by Gasteiger charge is -2.29. The number of aromatic nitrogens is 2. The van der Waals surface area contributed by atoms with E-state index >= 15 is 0 Å². The normalized spacial score (nSPS) is 14.8. The van der Waals surface area contributed by atoms with E-state index in [1.165, 1.54) is 12.6 Å². The molecule has 2 heterocycles. The van der Waals surface area contributed by atoms with Crippen molar-refractivity contribution in [1.29, 1.82) is 0 Å². The summed E-state index contributed by atoms with van der Waals surface area (Å²) in [5.74, 6) is 0.0165. The van der Waals surface area contributed by atoms with Crippen LogP contribution < -0.4 is 16.0 Å². The van der Waals surface area contributed by atoms with Gasteiger partial charge in [0, 0.05) is 32.4 Å². The van der Waals surface area contributed by atoms with Crippen molar-refractivity contribution in [3.63, 3.8) is 0 Å². The van der Waals surface area contributed by atoms with Gasteiger partial charge in [0.05, 0.1) is 11.8 Å². The zero-order valence-corrected chi connectivity index (χ0v) is 20.0. The number of hydrogen-bond acceptors (Lipinski definition) is 5. The van der Waals surface area contributed by atoms with Crippen LogP contribution in [0.3, 0.4) is 0 Å². The van der Waals surface area contributed by atoms with Gasteiger partial charge in [-0.1, -0.05) is 37.5 Å². The van der Waals surface area contributed by atoms with Gasteiger partial charge < -0.3 is 20.4 Å². The fourth-order valence-electron chi connectivity index (χ4n) is 4.51. The highest BCUT2D eigenvalue weighted by atomic mass is 16.4. The van der Waals surface area contributed by atoms with Crippen molar-refractivity contribution in [2.24, 2.45) is 13.0 Å². The molecule has 0 unspecified atom stereocenters. The largest absolute Gasteiger partial charge is 0.451 e. The van der Waals surface area contributed by atoms with Gasteiger partial charge in [0.2, 0.25) is 5.91 Å². The summed E-state index contributed by atoms with van der Waals surface area (Å²) in [6.45, 7) is 0.338. The van der Waals surface area contributed by atoms with E-state index in [2.05, 4.69) is 21.0 Å². The molecule has 1 aliphatic rings. The summed E-state index contributed by atoms with van der Waals surface area (Å²) in [4.78, 5) is 37.6. The van der Waals surface area contributed by atoms with Crippen molar-refractivity contribution in [3.8, 4) is 11.3 Å². The van der Waals surface area contributed by atoms with Gasteiger partial charge in [0.1, 0.15) is 11.8 Å². The monoisotopic (exact) mass is 477 g/mol. The van der Waals surface area contributed by atoms with Gasteiger partial charge in [0.25, 0.3) is 11.8 Å². The molecule has 0 spiro atoms. The van der Waals surface area contributed by atoms with Crippen molar-refractivity contribution >= 4 is 17.7 Å². The van der Waals surface area contributed by atoms with E-state index in [0.29, 0.717) is 17.9 Å². The molecular formula is C26H31N5O4. The molecule has 1 saturated carbocycles. The van der Waals surface area contributed by atoms with Crippen LogP contribution in [0.2, 0.25) is 0 Å². The summed E-state index contributed by atoms with van der Waals surface area (Å²) in [5, 5.41) is 12.4. The average Bonchev–Trinajstić information content (AvgIpc) is 3.56. The lowest BCUT2D eigenvalue weighted by molar-refractivity contribution is -0.124. The van der Waals surface area contributed by atoms with Crippen LogP contribution in [-0.2, 0) is 18.4 Å². The molecule has 1 aliphatic carbocycles. The Balaban J connectivity index is 1.41. The second-order valence-corrected chi connectivity index (χ2v) is 8.91. The first-order valence-electron chi connectivity index (χ1n) is 11.9. The van der Waals surface area contributed by atoms with Crippen molar-refractivity contribution in [3.05, 3.63) is 65.7 Å². The second-order valence-electron chi connectivity index (χ2n) is 8.91. The van der Waals surface area contributed by atoms with Gasteiger partial charge in [0.15, 0.2) is 5.76 Å². The third-order valence-corrected chi connectivity index (χ3v) is 6.40. The SMILES string of the molecule is CNC(=O)[C@@H](NC(=O)c1ccc(-c2cccc(CNC(=O)c3cnn(C)c3)c2)o1)C1CCCCC1. The third-order valence-electron chi connectivity index (χ3n) is 6.40. The molecule has 4 rings (SSSR count). The second kappa shape index (κ2) is 11.0. The van der Waals surface area contributed by atoms with Crippen LogP contribution >= 0.6 is 0 Å². The Bertz CT molecular complexity index is 1190. The molecule has 9 heteroatoms. The van der Waals surface area contributed by atoms with Crippen molar-refractivity contribution < 1.29 is 18.8 Å². The van der Waals surface area contributed by atoms with Gasteiger partial charge in [-0.05, 0) is 42.5 Å². The van der Waals surface area contributed by atoms with Crippen LogP contribution in [0.15, 0.2) is 53.2 Å². The molecule has 3 amide bonds. The minimum atomic E-state index is -0.576. The van der Waals surface area contributed by atoms with Gasteiger partial charge in [-0.3, -0.25) is 19.1 Å². The average molecular weight is 478 g/mol. The summed E-state index contributed by atoms with van der Waals surface area (Å²) in [6, 6.07) is 10.3. The fourth-order valence-corrected chi connectivity index (χ4v) is 4.51. The minimum Gasteiger partial charge on any atom is -0.451 e. The Morgan fingerprint density at radius 2 is 1.91 bits per heavy atom. The summed E-state index contributed by atoms with van der Waals surface area (Å²) in [7, 11) is 3.34. The highest BCUT2D eigenvalue weighted by molar-refractivity contribution is 5.96. The van der Waals surface area contributed by atoms with Crippen molar-refractivity contribution in [2.75, 3.05) is 7.05 Å². The van der Waals surface area contributed by atoms with Crippen LogP contribution in [0.5, 0.6) is 0 Å². The molecule has 35 heavy (non-hydrogen) atoms. The zero-order valence-electron chi connectivity index (χ0n) is 20.0. The highest BCUT2D eigenvalue weighted by Crippen LogP contribution is 2.28. The number of likely N-dealkylation sites (N-methyl/N-ethyl adjacent to an activating group) is 1. The smallest absolute Gasteiger partial charge is 0.287 e. The van der Waals surface area contributed by atoms with Gasteiger partial charge in [-0.15, -0.1) is 0 Å². The Kier molecular flexibility index (Phi) is 7.64. The predicted octanol–water partition coefficient (Wildman–Crippen LogP) is 3.03. The molecule has 184 valence electrons. The standard InChI is InChI=1S/C26H31N5O4/c1-27-26(34)23(18-8-4-3-5-9-18)30-25(33)22-12-11-21(35-22)19-10-6-7-17(13-19)14-28-24(32)20-15-29-31(2)16-20/h6-7,10-13,15-16,18,23H,3-5,8-9,14H2,1-2H3,(H,27,34)(H,28,32)(H,30,33)/t23-/m0/s1. The Morgan fingerprint density at radius 3 is 2.63 bits per heavy atom. The molecule has 0 saturated heterocycles. The summed E-state index contributed by atoms with van der Waals surface area (Å²) >= 11 is 0. The molecule has 0 radical (unpaired) electrons. The Labute approximate surface area is 204 Å². The molecule has 9 nitrogen and oxygen atoms in total. The first-order valence-corrected chi connectivity index (χ1v) is 11.9. The molecule has 1 aromatic carbocycles. The maximum Gasteiger partial charge on any atom is 0.287 e. The van der Waals surface area contributed by atoms with Gasteiger partial charge in [-0.25, -0.2) is 0 Å². The molecule has 3 aromatic rings. The van der Waals surface area contributed by atoms with E-state index in [1.807, 2.05) is 24.3 Å². The number of benzene rings is 1. The van der Waals surface area contributed by atoms with Gasteiger partial charge in [-0.2, -0.15) is 5.10 Å². The molecule has 1 atom stereocenters. The Hall–Kier alpha value is -3.88. The number of carbonyl (C=O) groups is 3. The van der Waals surface area contributed by atoms with Gasteiger partial charge >= 0.3 is 0 Å². The summed E-state index contributed by atoms with van der Waals surface area (Å²) in [5.41, 5.74) is 2.17. The lowest BCUT2D eigenvalue weighted by Crippen LogP contribution is -2.50. The predicted molar refractivity (Wildman–Crippen MR) is 130 cm³/mol. The number of aryl methyl sites for hydroxylation is 1. The van der Waals surface area contributed by atoms with Crippen LogP contribution in [0.1, 0.15) is 58.6 Å². The number of rotatable bonds is 8. The van der Waals surface area contributed by atoms with E-state index in [4.69, 9.17) is 4.42 Å². The van der Waals surface area contributed by atoms with E-state index < -0.39 is 11.9 Å². The molecule has 0 bridgehead atoms. The van der Waals surface area contributed by atoms with Crippen LogP contribution in [0.25, 0.3) is 11.3 Å². The maximum atomic E-state index is 12.9. The van der Waals surface area contributed by atoms with E-state index in [1.54, 1.807) is 37.1 Å². The zero-order chi connectivity index (χ0) is 24.8. The summed E-state index contributed by atoms with van der Waals surface area (Å²) < 4.78 is 7.42. The molecule has 3 N–H and O–H groups in total. The van der Waals surface area contributed by atoms with Crippen LogP contribution in [0, 0.1) is 5.92 Å². The molecular weight excluding hydrogens is 446 g/mol. The molecule has 0 aliphatic heterocycles. The van der Waals surface area contributed by atoms with E-state index in [9.17, 15) is 14.4 Å². The maximum absolute atomic E-state index is 12.9. The number of nitrogens with one attached hydrogen (secondary N) is 3. The van der Waals surface area contributed by atoms with Crippen molar-refractivity contribution in [1.82, 2.24) is 25.7 Å². The quantitative estimate of drug-likeness (QED) is 0.461. The molecule has 1 fully saturated rings. The number of carbonyl (C=O) groups excluding carboxylic acids is 3. The van der Waals surface area contributed by atoms with E-state index in [0.717, 1.165) is 36.8 Å². The first-order chi connectivity index (χ1) is 16.9. The topological polar surface area (TPSA) is 118 Å². The Morgan fingerprint density at radius 1 is 1.11 bits per heavy atom. The number of amides is 3. The highest BCUT2D eigenvalue weighted by Gasteiger charge is 2.31. The number of furan rings is 1. The minimum absolute atomic E-state index is 0.126. The van der Waals surface area contributed by atoms with Crippen LogP contribution in [-0.4, -0.2) is 40.6 Å². The van der Waals surface area contributed by atoms with E-state index in [-0.39, 0.29) is 23.5 Å². The number of nitrogens with zero attached hydrogens (tertiary/aromatic N) is 2. The fraction of sp³-hybridized carbons (Fsp3) is 0.385. The lowest BCUT2D eigenvalue weighted by atomic mass is 9.83. The van der Waals surface area contributed by atoms with Crippen LogP contribution in [0.4, 0.5) is 0 Å². The molecule has 2 aromatic heterocycles. The third kappa shape index (κ3) is 5.98. The van der Waals surface area contributed by atoms with Crippen molar-refractivity contribution in [2.45, 2.75) is 44.7 Å². The summed E-state index contributed by atoms with van der Waals surface area (Å²) in [6.07, 6.45) is 8.32. The number of hydrogen-bond donors (Lipinski definition) is 3. The first kappa shape index (κ1) is 24.3.